The molecule has 0 aliphatic carbocycles. The van der Waals surface area contributed by atoms with Gasteiger partial charge in [0.05, 0.1) is 6.54 Å². The first kappa shape index (κ1) is 12.2. The minimum Gasteiger partial charge on any atom is -0.369 e. The molecule has 0 radical (unpaired) electrons. The molecule has 17 heavy (non-hydrogen) atoms. The van der Waals surface area contributed by atoms with Gasteiger partial charge in [0.1, 0.15) is 11.7 Å². The fraction of sp³-hybridized carbons (Fsp3) is 0.308. The molecule has 1 heterocycles. The molecule has 0 saturated heterocycles. The summed E-state index contributed by atoms with van der Waals surface area (Å²) in [6.45, 7) is 1.81. The van der Waals surface area contributed by atoms with E-state index in [1.54, 1.807) is 12.1 Å². The third-order valence-electron chi connectivity index (χ3n) is 2.61. The highest BCUT2D eigenvalue weighted by atomic mass is 32.2. The maximum Gasteiger partial charge on any atom is 0.123 e. The third kappa shape index (κ3) is 3.60. The largest absolute Gasteiger partial charge is 0.369 e. The Morgan fingerprint density at radius 2 is 2.12 bits per heavy atom. The predicted molar refractivity (Wildman–Crippen MR) is 73.0 cm³/mol. The lowest BCUT2D eigenvalue weighted by Gasteiger charge is -2.19. The SMILES string of the molecule is CSC1CN=C(/C=C/c2ccc(F)cc2)NC1. The van der Waals surface area contributed by atoms with E-state index in [9.17, 15) is 4.39 Å². The van der Waals surface area contributed by atoms with Crippen molar-refractivity contribution in [2.45, 2.75) is 5.25 Å². The molecular weight excluding hydrogens is 235 g/mol. The Morgan fingerprint density at radius 1 is 1.35 bits per heavy atom. The molecule has 4 heteroatoms. The second kappa shape index (κ2) is 5.87. The summed E-state index contributed by atoms with van der Waals surface area (Å²) in [5.74, 6) is 0.692. The topological polar surface area (TPSA) is 24.4 Å². The summed E-state index contributed by atoms with van der Waals surface area (Å²) in [5, 5.41) is 3.84. The smallest absolute Gasteiger partial charge is 0.123 e. The first-order chi connectivity index (χ1) is 8.28. The number of rotatable bonds is 3. The molecule has 0 amide bonds. The summed E-state index contributed by atoms with van der Waals surface area (Å²) in [6, 6.07) is 6.42. The summed E-state index contributed by atoms with van der Waals surface area (Å²) in [5.41, 5.74) is 0.975. The van der Waals surface area contributed by atoms with Crippen LogP contribution in [0.5, 0.6) is 0 Å². The van der Waals surface area contributed by atoms with Gasteiger partial charge >= 0.3 is 0 Å². The van der Waals surface area contributed by atoms with Crippen LogP contribution < -0.4 is 5.32 Å². The van der Waals surface area contributed by atoms with Crippen molar-refractivity contribution in [2.75, 3.05) is 19.3 Å². The van der Waals surface area contributed by atoms with Crippen LogP contribution in [0.2, 0.25) is 0 Å². The highest BCUT2D eigenvalue weighted by Crippen LogP contribution is 2.09. The Labute approximate surface area is 105 Å². The molecule has 1 aromatic rings. The van der Waals surface area contributed by atoms with Crippen molar-refractivity contribution in [1.82, 2.24) is 5.32 Å². The molecule has 0 saturated carbocycles. The second-order valence-corrected chi connectivity index (χ2v) is 4.99. The minimum absolute atomic E-state index is 0.210. The first-order valence-electron chi connectivity index (χ1n) is 5.52. The van der Waals surface area contributed by atoms with E-state index < -0.39 is 0 Å². The van der Waals surface area contributed by atoms with Gasteiger partial charge in [-0.1, -0.05) is 18.2 Å². The van der Waals surface area contributed by atoms with Crippen molar-refractivity contribution in [1.29, 1.82) is 0 Å². The maximum absolute atomic E-state index is 12.7. The van der Waals surface area contributed by atoms with Gasteiger partial charge in [0.15, 0.2) is 0 Å². The normalized spacial score (nSPS) is 20.1. The molecule has 0 fully saturated rings. The molecule has 0 aromatic heterocycles. The number of benzene rings is 1. The van der Waals surface area contributed by atoms with Crippen LogP contribution >= 0.6 is 11.8 Å². The van der Waals surface area contributed by atoms with Crippen molar-refractivity contribution in [3.8, 4) is 0 Å². The summed E-state index contributed by atoms with van der Waals surface area (Å²) in [4.78, 5) is 4.44. The van der Waals surface area contributed by atoms with Crippen molar-refractivity contribution in [3.05, 3.63) is 41.7 Å². The molecular formula is C13H15FN2S. The number of hydrogen-bond donors (Lipinski definition) is 1. The lowest BCUT2D eigenvalue weighted by Crippen LogP contribution is -2.36. The van der Waals surface area contributed by atoms with Crippen LogP contribution in [-0.2, 0) is 0 Å². The van der Waals surface area contributed by atoms with E-state index in [0.717, 1.165) is 24.5 Å². The third-order valence-corrected chi connectivity index (χ3v) is 3.60. The van der Waals surface area contributed by atoms with E-state index in [-0.39, 0.29) is 5.82 Å². The van der Waals surface area contributed by atoms with Crippen LogP contribution in [0.1, 0.15) is 5.56 Å². The lowest BCUT2D eigenvalue weighted by atomic mass is 10.2. The molecule has 2 rings (SSSR count). The molecule has 1 aromatic carbocycles. The van der Waals surface area contributed by atoms with E-state index >= 15 is 0 Å². The number of nitrogens with one attached hydrogen (secondary N) is 1. The quantitative estimate of drug-likeness (QED) is 0.891. The Kier molecular flexibility index (Phi) is 4.20. The molecule has 90 valence electrons. The van der Waals surface area contributed by atoms with Crippen LogP contribution in [-0.4, -0.2) is 30.4 Å². The fourth-order valence-corrected chi connectivity index (χ4v) is 2.03. The number of halogens is 1. The van der Waals surface area contributed by atoms with Gasteiger partial charge in [0.2, 0.25) is 0 Å². The minimum atomic E-state index is -0.210. The van der Waals surface area contributed by atoms with Gasteiger partial charge in [-0.05, 0) is 30.0 Å². The van der Waals surface area contributed by atoms with Crippen LogP contribution in [0.3, 0.4) is 0 Å². The highest BCUT2D eigenvalue weighted by Gasteiger charge is 2.11. The summed E-state index contributed by atoms with van der Waals surface area (Å²) >= 11 is 1.83. The predicted octanol–water partition coefficient (Wildman–Crippen LogP) is 2.57. The fourth-order valence-electron chi connectivity index (χ4n) is 1.56. The molecule has 1 atom stereocenters. The van der Waals surface area contributed by atoms with Crippen molar-refractivity contribution in [2.24, 2.45) is 4.99 Å². The molecule has 1 aliphatic rings. The number of nitrogens with zero attached hydrogens (tertiary/aromatic N) is 1. The molecule has 1 aliphatic heterocycles. The zero-order valence-electron chi connectivity index (χ0n) is 9.69. The molecule has 0 bridgehead atoms. The molecule has 2 nitrogen and oxygen atoms in total. The summed E-state index contributed by atoms with van der Waals surface area (Å²) in [7, 11) is 0. The van der Waals surface area contributed by atoms with Gasteiger partial charge in [-0.15, -0.1) is 0 Å². The molecule has 0 spiro atoms. The number of aliphatic imine (C=N–C) groups is 1. The Morgan fingerprint density at radius 3 is 2.71 bits per heavy atom. The van der Waals surface area contributed by atoms with Crippen molar-refractivity contribution < 1.29 is 4.39 Å². The number of hydrogen-bond acceptors (Lipinski definition) is 3. The monoisotopic (exact) mass is 250 g/mol. The van der Waals surface area contributed by atoms with Crippen LogP contribution in [0.25, 0.3) is 6.08 Å². The van der Waals surface area contributed by atoms with E-state index in [0.29, 0.717) is 5.25 Å². The van der Waals surface area contributed by atoms with Crippen LogP contribution in [0, 0.1) is 5.82 Å². The van der Waals surface area contributed by atoms with E-state index in [1.165, 1.54) is 12.1 Å². The van der Waals surface area contributed by atoms with Gasteiger partial charge in [-0.3, -0.25) is 4.99 Å². The zero-order valence-corrected chi connectivity index (χ0v) is 10.5. The van der Waals surface area contributed by atoms with E-state index in [1.807, 2.05) is 23.9 Å². The Hall–Kier alpha value is -1.29. The molecule has 1 N–H and O–H groups in total. The molecule has 1 unspecified atom stereocenters. The van der Waals surface area contributed by atoms with Gasteiger partial charge in [0.25, 0.3) is 0 Å². The van der Waals surface area contributed by atoms with Crippen LogP contribution in [0.4, 0.5) is 4.39 Å². The number of amidine groups is 1. The first-order valence-corrected chi connectivity index (χ1v) is 6.81. The lowest BCUT2D eigenvalue weighted by molar-refractivity contribution is 0.628. The van der Waals surface area contributed by atoms with Gasteiger partial charge in [-0.2, -0.15) is 11.8 Å². The Balaban J connectivity index is 1.97. The van der Waals surface area contributed by atoms with Crippen molar-refractivity contribution in [3.63, 3.8) is 0 Å². The summed E-state index contributed by atoms with van der Waals surface area (Å²) in [6.07, 6.45) is 5.97. The summed E-state index contributed by atoms with van der Waals surface area (Å²) < 4.78 is 12.7. The highest BCUT2D eigenvalue weighted by molar-refractivity contribution is 7.99. The van der Waals surface area contributed by atoms with Crippen molar-refractivity contribution >= 4 is 23.7 Å². The van der Waals surface area contributed by atoms with Gasteiger partial charge in [0, 0.05) is 11.8 Å². The maximum atomic E-state index is 12.7. The average Bonchev–Trinajstić information content (AvgIpc) is 2.39. The Bertz CT molecular complexity index is 426. The number of thioether (sulfide) groups is 1. The standard InChI is InChI=1S/C13H15FN2S/c1-17-12-8-15-13(16-9-12)7-4-10-2-5-11(14)6-3-10/h2-7,12H,8-9H2,1H3,(H,15,16)/b7-4+. The average molecular weight is 250 g/mol. The van der Waals surface area contributed by atoms with E-state index in [2.05, 4.69) is 16.6 Å². The van der Waals surface area contributed by atoms with Crippen LogP contribution in [0.15, 0.2) is 35.3 Å². The zero-order chi connectivity index (χ0) is 12.1. The van der Waals surface area contributed by atoms with Gasteiger partial charge in [-0.25, -0.2) is 4.39 Å². The second-order valence-electron chi connectivity index (χ2n) is 3.85. The van der Waals surface area contributed by atoms with Gasteiger partial charge < -0.3 is 5.32 Å². The van der Waals surface area contributed by atoms with E-state index in [4.69, 9.17) is 0 Å².